The van der Waals surface area contributed by atoms with E-state index in [9.17, 15) is 15.1 Å². The van der Waals surface area contributed by atoms with E-state index in [0.717, 1.165) is 42.0 Å². The van der Waals surface area contributed by atoms with Gasteiger partial charge >= 0.3 is 0 Å². The van der Waals surface area contributed by atoms with Crippen LogP contribution in [0.5, 0.6) is 11.5 Å². The number of amides is 1. The number of nitrogens with zero attached hydrogens (tertiary/aromatic N) is 3. The molecule has 0 radical (unpaired) electrons. The van der Waals surface area contributed by atoms with E-state index >= 15 is 0 Å². The van der Waals surface area contributed by atoms with Gasteiger partial charge in [0, 0.05) is 43.0 Å². The summed E-state index contributed by atoms with van der Waals surface area (Å²) in [5.74, 6) is 0.356. The number of hydrogen-bond acceptors (Lipinski definition) is 8. The van der Waals surface area contributed by atoms with Crippen LogP contribution >= 0.6 is 0 Å². The standard InChI is InChI=1S/C28H28N4O5/c1-36-27-25(28(34)31-35)23-16-29-12-10-24(23)30-26(27)20-4-2-18(3-5-20)19-6-8-22(9-7-19)37-15-14-32-13-11-21(33)17-32/h2-10,12,16,21,33,35H,11,13-15,17H2,1H3,(H,31,34). The molecule has 0 aliphatic carbocycles. The van der Waals surface area contributed by atoms with Gasteiger partial charge in [0.1, 0.15) is 18.1 Å². The van der Waals surface area contributed by atoms with Crippen LogP contribution in [-0.4, -0.2) is 70.5 Å². The summed E-state index contributed by atoms with van der Waals surface area (Å²) in [4.78, 5) is 23.5. The molecule has 0 bridgehead atoms. The molecule has 1 aliphatic rings. The lowest BCUT2D eigenvalue weighted by Gasteiger charge is -2.15. The highest BCUT2D eigenvalue weighted by molar-refractivity contribution is 6.09. The molecule has 3 heterocycles. The number of aromatic nitrogens is 2. The van der Waals surface area contributed by atoms with Crippen molar-refractivity contribution in [1.82, 2.24) is 20.3 Å². The number of methoxy groups -OCH3 is 1. The Hall–Kier alpha value is -4.05. The van der Waals surface area contributed by atoms with Crippen LogP contribution < -0.4 is 15.0 Å². The molecule has 1 aliphatic heterocycles. The van der Waals surface area contributed by atoms with Crippen LogP contribution in [0.3, 0.4) is 0 Å². The Morgan fingerprint density at radius 3 is 2.43 bits per heavy atom. The first-order chi connectivity index (χ1) is 18.1. The number of rotatable bonds is 8. The Morgan fingerprint density at radius 1 is 1.08 bits per heavy atom. The van der Waals surface area contributed by atoms with Gasteiger partial charge in [-0.15, -0.1) is 0 Å². The summed E-state index contributed by atoms with van der Waals surface area (Å²) < 4.78 is 11.4. The molecule has 0 spiro atoms. The van der Waals surface area contributed by atoms with Crippen LogP contribution in [0.1, 0.15) is 16.8 Å². The van der Waals surface area contributed by atoms with Gasteiger partial charge in [0.25, 0.3) is 5.91 Å². The number of likely N-dealkylation sites (tertiary alicyclic amines) is 1. The second kappa shape index (κ2) is 10.9. The quantitative estimate of drug-likeness (QED) is 0.249. The zero-order chi connectivity index (χ0) is 25.8. The summed E-state index contributed by atoms with van der Waals surface area (Å²) in [5.41, 5.74) is 5.71. The molecule has 1 atom stereocenters. The molecule has 0 saturated carbocycles. The fraction of sp³-hybridized carbons (Fsp3) is 0.250. The molecular formula is C28H28N4O5. The van der Waals surface area contributed by atoms with Crippen molar-refractivity contribution in [2.45, 2.75) is 12.5 Å². The van der Waals surface area contributed by atoms with Gasteiger partial charge in [-0.2, -0.15) is 0 Å². The van der Waals surface area contributed by atoms with Crippen LogP contribution in [0, 0.1) is 0 Å². The molecule has 1 unspecified atom stereocenters. The normalized spacial score (nSPS) is 15.6. The summed E-state index contributed by atoms with van der Waals surface area (Å²) in [6, 6.07) is 17.4. The Balaban J connectivity index is 1.35. The number of carbonyl (C=O) groups is 1. The highest BCUT2D eigenvalue weighted by Gasteiger charge is 2.23. The minimum atomic E-state index is -0.699. The van der Waals surface area contributed by atoms with Crippen molar-refractivity contribution in [3.8, 4) is 33.9 Å². The number of aliphatic hydroxyl groups is 1. The summed E-state index contributed by atoms with van der Waals surface area (Å²) in [6.45, 7) is 3.00. The number of ether oxygens (including phenoxy) is 2. The van der Waals surface area contributed by atoms with Gasteiger partial charge in [-0.1, -0.05) is 36.4 Å². The lowest BCUT2D eigenvalue weighted by Crippen LogP contribution is -2.27. The molecule has 9 heteroatoms. The van der Waals surface area contributed by atoms with Crippen LogP contribution in [0.4, 0.5) is 0 Å². The predicted molar refractivity (Wildman–Crippen MR) is 139 cm³/mol. The second-order valence-corrected chi connectivity index (χ2v) is 8.90. The lowest BCUT2D eigenvalue weighted by atomic mass is 10.00. The van der Waals surface area contributed by atoms with E-state index in [1.165, 1.54) is 13.3 Å². The summed E-state index contributed by atoms with van der Waals surface area (Å²) in [5, 5.41) is 19.4. The molecular weight excluding hydrogens is 472 g/mol. The molecule has 2 aromatic heterocycles. The highest BCUT2D eigenvalue weighted by atomic mass is 16.5. The van der Waals surface area contributed by atoms with Crippen molar-refractivity contribution >= 4 is 16.8 Å². The number of β-amino-alcohol motifs (C(OH)–C–C–N with tert-alkyl or cyclic N) is 1. The van der Waals surface area contributed by atoms with Gasteiger partial charge in [-0.25, -0.2) is 10.5 Å². The summed E-state index contributed by atoms with van der Waals surface area (Å²) >= 11 is 0. The minimum Gasteiger partial charge on any atom is -0.494 e. The number of benzene rings is 2. The monoisotopic (exact) mass is 500 g/mol. The fourth-order valence-electron chi connectivity index (χ4n) is 4.64. The molecule has 2 aromatic carbocycles. The molecule has 1 fully saturated rings. The van der Waals surface area contributed by atoms with Crippen LogP contribution in [0.2, 0.25) is 0 Å². The van der Waals surface area contributed by atoms with E-state index in [2.05, 4.69) is 9.88 Å². The van der Waals surface area contributed by atoms with E-state index in [-0.39, 0.29) is 17.4 Å². The Bertz CT molecular complexity index is 1390. The molecule has 4 aromatic rings. The average Bonchev–Trinajstić information content (AvgIpc) is 3.36. The smallest absolute Gasteiger partial charge is 0.279 e. The van der Waals surface area contributed by atoms with E-state index in [1.807, 2.05) is 48.5 Å². The largest absolute Gasteiger partial charge is 0.494 e. The number of hydroxylamine groups is 1. The molecule has 1 amide bonds. The van der Waals surface area contributed by atoms with E-state index < -0.39 is 5.91 Å². The lowest BCUT2D eigenvalue weighted by molar-refractivity contribution is 0.0705. The minimum absolute atomic E-state index is 0.165. The number of pyridine rings is 2. The first-order valence-electron chi connectivity index (χ1n) is 12.1. The number of hydrogen-bond donors (Lipinski definition) is 3. The van der Waals surface area contributed by atoms with Gasteiger partial charge in [0.05, 0.1) is 24.3 Å². The zero-order valence-electron chi connectivity index (χ0n) is 20.4. The molecule has 190 valence electrons. The number of fused-ring (bicyclic) bond motifs is 1. The first kappa shape index (κ1) is 24.6. The Labute approximate surface area is 214 Å². The van der Waals surface area contributed by atoms with Gasteiger partial charge in [0.15, 0.2) is 5.75 Å². The predicted octanol–water partition coefficient (Wildman–Crippen LogP) is 3.54. The van der Waals surface area contributed by atoms with Crippen LogP contribution in [0.25, 0.3) is 33.3 Å². The van der Waals surface area contributed by atoms with Crippen molar-refractivity contribution in [3.63, 3.8) is 0 Å². The van der Waals surface area contributed by atoms with Crippen LogP contribution in [-0.2, 0) is 0 Å². The molecule has 37 heavy (non-hydrogen) atoms. The highest BCUT2D eigenvalue weighted by Crippen LogP contribution is 2.36. The second-order valence-electron chi connectivity index (χ2n) is 8.90. The first-order valence-corrected chi connectivity index (χ1v) is 12.1. The van der Waals surface area contributed by atoms with Gasteiger partial charge in [-0.3, -0.25) is 19.9 Å². The number of carbonyl (C=O) groups excluding carboxylic acids is 1. The molecule has 3 N–H and O–H groups in total. The van der Waals surface area contributed by atoms with Crippen molar-refractivity contribution in [3.05, 3.63) is 72.6 Å². The van der Waals surface area contributed by atoms with E-state index in [0.29, 0.717) is 29.7 Å². The molecule has 1 saturated heterocycles. The van der Waals surface area contributed by atoms with Gasteiger partial charge in [-0.05, 0) is 35.7 Å². The maximum Gasteiger partial charge on any atom is 0.279 e. The van der Waals surface area contributed by atoms with E-state index in [4.69, 9.17) is 14.5 Å². The average molecular weight is 501 g/mol. The van der Waals surface area contributed by atoms with E-state index in [1.54, 1.807) is 17.7 Å². The molecule has 9 nitrogen and oxygen atoms in total. The van der Waals surface area contributed by atoms with Crippen molar-refractivity contribution in [1.29, 1.82) is 0 Å². The van der Waals surface area contributed by atoms with Crippen molar-refractivity contribution in [2.24, 2.45) is 0 Å². The summed E-state index contributed by atoms with van der Waals surface area (Å²) in [7, 11) is 1.46. The van der Waals surface area contributed by atoms with Crippen LogP contribution in [0.15, 0.2) is 67.0 Å². The Kier molecular flexibility index (Phi) is 7.27. The molecule has 5 rings (SSSR count). The third kappa shape index (κ3) is 5.24. The number of aliphatic hydroxyl groups excluding tert-OH is 1. The topological polar surface area (TPSA) is 117 Å². The zero-order valence-corrected chi connectivity index (χ0v) is 20.4. The maximum atomic E-state index is 12.5. The third-order valence-corrected chi connectivity index (χ3v) is 6.54. The summed E-state index contributed by atoms with van der Waals surface area (Å²) in [6.07, 6.45) is 3.72. The van der Waals surface area contributed by atoms with Crippen molar-refractivity contribution < 1.29 is 24.6 Å². The number of nitrogens with one attached hydrogen (secondary N) is 1. The van der Waals surface area contributed by atoms with Gasteiger partial charge < -0.3 is 14.6 Å². The maximum absolute atomic E-state index is 12.5. The SMILES string of the molecule is COc1c(-c2ccc(-c3ccc(OCCN4CCC(O)C4)cc3)cc2)nc2ccncc2c1C(=O)NO. The van der Waals surface area contributed by atoms with Crippen molar-refractivity contribution in [2.75, 3.05) is 33.4 Å². The third-order valence-electron chi connectivity index (χ3n) is 6.54. The Morgan fingerprint density at radius 2 is 1.78 bits per heavy atom. The van der Waals surface area contributed by atoms with Gasteiger partial charge in [0.2, 0.25) is 0 Å². The fourth-order valence-corrected chi connectivity index (χ4v) is 4.64.